The van der Waals surface area contributed by atoms with Crippen molar-refractivity contribution in [3.63, 3.8) is 0 Å². The van der Waals surface area contributed by atoms with Gasteiger partial charge in [-0.3, -0.25) is 0 Å². The number of hydrogen-bond donors (Lipinski definition) is 1. The monoisotopic (exact) mass is 338 g/mol. The molecule has 1 unspecified atom stereocenters. The van der Waals surface area contributed by atoms with Gasteiger partial charge in [-0.2, -0.15) is 0 Å². The third-order valence-corrected chi connectivity index (χ3v) is 5.10. The van der Waals surface area contributed by atoms with Gasteiger partial charge in [0, 0.05) is 29.8 Å². The van der Waals surface area contributed by atoms with Gasteiger partial charge < -0.3 is 10.2 Å². The molecule has 1 aliphatic rings. The van der Waals surface area contributed by atoms with Crippen LogP contribution in [-0.4, -0.2) is 20.1 Å². The average molecular weight is 339 g/mol. The quantitative estimate of drug-likeness (QED) is 0.805. The normalized spacial score (nSPS) is 17.4. The van der Waals surface area contributed by atoms with Gasteiger partial charge in [-0.25, -0.2) is 0 Å². The summed E-state index contributed by atoms with van der Waals surface area (Å²) in [6, 6.07) is 7.15. The van der Waals surface area contributed by atoms with Gasteiger partial charge in [0.2, 0.25) is 0 Å². The van der Waals surface area contributed by atoms with Crippen LogP contribution < -0.4 is 10.2 Å². The molecule has 1 fully saturated rings. The molecule has 2 nitrogen and oxygen atoms in total. The van der Waals surface area contributed by atoms with Crippen LogP contribution in [-0.2, 0) is 0 Å². The molecular weight excluding hydrogens is 312 g/mol. The molecule has 20 heavy (non-hydrogen) atoms. The maximum Gasteiger partial charge on any atom is 0.0375 e. The summed E-state index contributed by atoms with van der Waals surface area (Å²) < 4.78 is 1.21. The van der Waals surface area contributed by atoms with Crippen molar-refractivity contribution in [3.05, 3.63) is 28.2 Å². The van der Waals surface area contributed by atoms with Gasteiger partial charge in [0.15, 0.2) is 0 Å². The van der Waals surface area contributed by atoms with Crippen LogP contribution in [0.2, 0.25) is 0 Å². The fourth-order valence-corrected chi connectivity index (χ4v) is 3.92. The van der Waals surface area contributed by atoms with Crippen molar-refractivity contribution in [3.8, 4) is 0 Å². The Kier molecular flexibility index (Phi) is 5.91. The Morgan fingerprint density at radius 2 is 2.05 bits per heavy atom. The van der Waals surface area contributed by atoms with Gasteiger partial charge in [0.1, 0.15) is 0 Å². The second kappa shape index (κ2) is 7.46. The summed E-state index contributed by atoms with van der Waals surface area (Å²) in [5.41, 5.74) is 2.65. The Bertz CT molecular complexity index is 427. The second-order valence-electron chi connectivity index (χ2n) is 6.02. The van der Waals surface area contributed by atoms with E-state index in [4.69, 9.17) is 0 Å². The molecule has 1 aromatic rings. The Hall–Kier alpha value is -0.540. The van der Waals surface area contributed by atoms with Gasteiger partial charge in [0.25, 0.3) is 0 Å². The lowest BCUT2D eigenvalue weighted by Crippen LogP contribution is -2.24. The summed E-state index contributed by atoms with van der Waals surface area (Å²) in [5.74, 6) is 0.888. The van der Waals surface area contributed by atoms with E-state index in [1.54, 1.807) is 0 Å². The van der Waals surface area contributed by atoms with E-state index in [9.17, 15) is 0 Å². The smallest absolute Gasteiger partial charge is 0.0375 e. The molecule has 0 amide bonds. The zero-order valence-electron chi connectivity index (χ0n) is 13.0. The van der Waals surface area contributed by atoms with Crippen LogP contribution in [0.3, 0.4) is 0 Å². The van der Waals surface area contributed by atoms with E-state index in [0.717, 1.165) is 12.5 Å². The maximum absolute atomic E-state index is 3.73. The van der Waals surface area contributed by atoms with Crippen LogP contribution in [0.5, 0.6) is 0 Å². The first-order valence-corrected chi connectivity index (χ1v) is 8.65. The Morgan fingerprint density at radius 3 is 2.65 bits per heavy atom. The highest BCUT2D eigenvalue weighted by Crippen LogP contribution is 2.30. The predicted octanol–water partition coefficient (Wildman–Crippen LogP) is 4.75. The average Bonchev–Trinajstić information content (AvgIpc) is 2.91. The lowest BCUT2D eigenvalue weighted by Gasteiger charge is -2.24. The number of halogens is 1. The number of hydrogen-bond acceptors (Lipinski definition) is 2. The highest BCUT2D eigenvalue weighted by Gasteiger charge is 2.17. The summed E-state index contributed by atoms with van der Waals surface area (Å²) >= 11 is 3.73. The van der Waals surface area contributed by atoms with E-state index in [0.29, 0.717) is 6.04 Å². The zero-order chi connectivity index (χ0) is 14.5. The minimum atomic E-state index is 0.392. The molecule has 0 heterocycles. The van der Waals surface area contributed by atoms with E-state index < -0.39 is 0 Å². The third kappa shape index (κ3) is 3.98. The number of rotatable bonds is 6. The molecule has 0 aliphatic heterocycles. The first-order chi connectivity index (χ1) is 9.61. The molecular formula is C17H27BrN2. The molecule has 0 bridgehead atoms. The van der Waals surface area contributed by atoms with Crippen molar-refractivity contribution >= 4 is 21.6 Å². The third-order valence-electron chi connectivity index (χ3n) is 4.41. The number of nitrogens with one attached hydrogen (secondary N) is 1. The number of nitrogens with zero attached hydrogens (tertiary/aromatic N) is 1. The molecule has 3 heteroatoms. The van der Waals surface area contributed by atoms with Crippen LogP contribution in [0.15, 0.2) is 22.7 Å². The highest BCUT2D eigenvalue weighted by molar-refractivity contribution is 9.10. The van der Waals surface area contributed by atoms with Crippen molar-refractivity contribution in [1.82, 2.24) is 5.32 Å². The Morgan fingerprint density at radius 1 is 1.35 bits per heavy atom. The maximum atomic E-state index is 3.73. The summed E-state index contributed by atoms with van der Waals surface area (Å²) in [4.78, 5) is 2.41. The molecule has 1 N–H and O–H groups in total. The van der Waals surface area contributed by atoms with Crippen LogP contribution in [0.1, 0.15) is 51.1 Å². The molecule has 0 radical (unpaired) electrons. The molecule has 1 aliphatic carbocycles. The summed E-state index contributed by atoms with van der Waals surface area (Å²) in [5, 5.41) is 3.47. The molecule has 2 rings (SSSR count). The molecule has 112 valence electrons. The van der Waals surface area contributed by atoms with E-state index in [1.165, 1.54) is 48.0 Å². The second-order valence-corrected chi connectivity index (χ2v) is 6.87. The van der Waals surface area contributed by atoms with Gasteiger partial charge in [-0.05, 0) is 49.9 Å². The fourth-order valence-electron chi connectivity index (χ4n) is 3.21. The Balaban J connectivity index is 2.03. The van der Waals surface area contributed by atoms with Gasteiger partial charge >= 0.3 is 0 Å². The van der Waals surface area contributed by atoms with Crippen molar-refractivity contribution in [2.75, 3.05) is 25.0 Å². The lowest BCUT2D eigenvalue weighted by atomic mass is 10.1. The minimum absolute atomic E-state index is 0.392. The highest BCUT2D eigenvalue weighted by atomic mass is 79.9. The molecule has 0 spiro atoms. The van der Waals surface area contributed by atoms with Crippen molar-refractivity contribution in [2.24, 2.45) is 5.92 Å². The Labute approximate surface area is 132 Å². The van der Waals surface area contributed by atoms with E-state index in [1.807, 2.05) is 0 Å². The van der Waals surface area contributed by atoms with Crippen molar-refractivity contribution in [1.29, 1.82) is 0 Å². The van der Waals surface area contributed by atoms with Crippen LogP contribution in [0.25, 0.3) is 0 Å². The van der Waals surface area contributed by atoms with Gasteiger partial charge in [-0.1, -0.05) is 41.8 Å². The number of benzene rings is 1. The summed E-state index contributed by atoms with van der Waals surface area (Å²) in [7, 11) is 2.22. The molecule has 0 aromatic heterocycles. The fraction of sp³-hybridized carbons (Fsp3) is 0.647. The van der Waals surface area contributed by atoms with E-state index in [2.05, 4.69) is 65.2 Å². The van der Waals surface area contributed by atoms with E-state index >= 15 is 0 Å². The number of anilines is 1. The molecule has 0 saturated heterocycles. The van der Waals surface area contributed by atoms with Crippen molar-refractivity contribution < 1.29 is 0 Å². The standard InChI is InChI=1S/C17H27BrN2/c1-4-19-13(2)16-10-9-15(11-17(16)18)20(3)12-14-7-5-6-8-14/h9-11,13-14,19H,4-8,12H2,1-3H3. The molecule has 1 aromatic carbocycles. The first kappa shape index (κ1) is 15.8. The molecule has 1 saturated carbocycles. The first-order valence-electron chi connectivity index (χ1n) is 7.85. The van der Waals surface area contributed by atoms with E-state index in [-0.39, 0.29) is 0 Å². The topological polar surface area (TPSA) is 15.3 Å². The van der Waals surface area contributed by atoms with Gasteiger partial charge in [0.05, 0.1) is 0 Å². The predicted molar refractivity (Wildman–Crippen MR) is 91.5 cm³/mol. The lowest BCUT2D eigenvalue weighted by molar-refractivity contribution is 0.547. The largest absolute Gasteiger partial charge is 0.374 e. The van der Waals surface area contributed by atoms with Gasteiger partial charge in [-0.15, -0.1) is 0 Å². The zero-order valence-corrected chi connectivity index (χ0v) is 14.5. The van der Waals surface area contributed by atoms with Crippen molar-refractivity contribution in [2.45, 2.75) is 45.6 Å². The minimum Gasteiger partial charge on any atom is -0.374 e. The molecule has 1 atom stereocenters. The summed E-state index contributed by atoms with van der Waals surface area (Å²) in [6.07, 6.45) is 5.64. The van der Waals surface area contributed by atoms with Crippen LogP contribution in [0.4, 0.5) is 5.69 Å². The van der Waals surface area contributed by atoms with Crippen LogP contribution in [0, 0.1) is 5.92 Å². The van der Waals surface area contributed by atoms with Crippen LogP contribution >= 0.6 is 15.9 Å². The SMILES string of the molecule is CCNC(C)c1ccc(N(C)CC2CCCC2)cc1Br. The summed E-state index contributed by atoms with van der Waals surface area (Å²) in [6.45, 7) is 6.55.